The van der Waals surface area contributed by atoms with Crippen LogP contribution in [-0.2, 0) is 16.1 Å². The quantitative estimate of drug-likeness (QED) is 0.834. The van der Waals surface area contributed by atoms with Crippen LogP contribution in [0.25, 0.3) is 0 Å². The fraction of sp³-hybridized carbons (Fsp3) is 0.714. The van der Waals surface area contributed by atoms with Crippen molar-refractivity contribution in [2.75, 3.05) is 26.2 Å². The predicted molar refractivity (Wildman–Crippen MR) is 100 cm³/mol. The van der Waals surface area contributed by atoms with Gasteiger partial charge in [-0.05, 0) is 55.7 Å². The van der Waals surface area contributed by atoms with Gasteiger partial charge in [0.25, 0.3) is 0 Å². The molecule has 26 heavy (non-hydrogen) atoms. The number of piperidine rings is 1. The van der Waals surface area contributed by atoms with Crippen molar-refractivity contribution >= 4 is 5.91 Å². The highest BCUT2D eigenvalue weighted by Crippen LogP contribution is 2.31. The lowest BCUT2D eigenvalue weighted by Gasteiger charge is -2.47. The van der Waals surface area contributed by atoms with E-state index in [2.05, 4.69) is 33.8 Å². The molecule has 142 valence electrons. The van der Waals surface area contributed by atoms with Crippen molar-refractivity contribution in [1.82, 2.24) is 14.8 Å². The van der Waals surface area contributed by atoms with Crippen molar-refractivity contribution in [3.05, 3.63) is 30.1 Å². The van der Waals surface area contributed by atoms with Crippen LogP contribution in [0.1, 0.15) is 44.6 Å². The zero-order valence-electron chi connectivity index (χ0n) is 15.8. The van der Waals surface area contributed by atoms with E-state index < -0.39 is 0 Å². The Labute approximate surface area is 156 Å². The topological polar surface area (TPSA) is 45.7 Å². The summed E-state index contributed by atoms with van der Waals surface area (Å²) in [6.45, 7) is 6.63. The summed E-state index contributed by atoms with van der Waals surface area (Å²) in [6, 6.07) is 4.48. The minimum atomic E-state index is 0.251. The molecular formula is C21H31N3O2. The zero-order valence-corrected chi connectivity index (χ0v) is 15.8. The van der Waals surface area contributed by atoms with Crippen LogP contribution in [0, 0.1) is 11.8 Å². The monoisotopic (exact) mass is 357 g/mol. The zero-order chi connectivity index (χ0) is 17.9. The van der Waals surface area contributed by atoms with E-state index in [0.717, 1.165) is 58.0 Å². The Balaban J connectivity index is 1.41. The molecular weight excluding hydrogens is 326 g/mol. The number of rotatable bonds is 3. The number of fused-ring (bicyclic) bond motifs is 1. The SMILES string of the molecule is CC1CCC(C(=O)N2CC[C@@H]3OCCN(Cc4ccncc4)[C@H]3C2)CC1. The van der Waals surface area contributed by atoms with Gasteiger partial charge in [-0.2, -0.15) is 0 Å². The molecule has 1 saturated carbocycles. The number of ether oxygens (including phenoxy) is 1. The van der Waals surface area contributed by atoms with Crippen LogP contribution in [0.5, 0.6) is 0 Å². The average Bonchev–Trinajstić information content (AvgIpc) is 2.69. The molecule has 2 saturated heterocycles. The van der Waals surface area contributed by atoms with Crippen molar-refractivity contribution in [3.63, 3.8) is 0 Å². The van der Waals surface area contributed by atoms with E-state index in [0.29, 0.717) is 11.9 Å². The van der Waals surface area contributed by atoms with Gasteiger partial charge in [-0.3, -0.25) is 14.7 Å². The lowest BCUT2D eigenvalue weighted by molar-refractivity contribution is -0.148. The standard InChI is InChI=1S/C21H31N3O2/c1-16-2-4-18(5-3-16)21(25)24-11-8-20-19(15-24)23(12-13-26-20)14-17-6-9-22-10-7-17/h6-7,9-10,16,18-20H,2-5,8,11-15H2,1H3/t16?,18?,19-,20-/m0/s1. The first kappa shape index (κ1) is 17.9. The smallest absolute Gasteiger partial charge is 0.225 e. The first-order chi connectivity index (χ1) is 12.7. The normalized spacial score (nSPS) is 32.9. The van der Waals surface area contributed by atoms with Gasteiger partial charge in [0.05, 0.1) is 18.8 Å². The second kappa shape index (κ2) is 8.05. The van der Waals surface area contributed by atoms with E-state index in [1.54, 1.807) is 0 Å². The second-order valence-electron chi connectivity index (χ2n) is 8.33. The third kappa shape index (κ3) is 3.94. The van der Waals surface area contributed by atoms with Gasteiger partial charge in [0, 0.05) is 44.5 Å². The highest BCUT2D eigenvalue weighted by molar-refractivity contribution is 5.79. The molecule has 5 nitrogen and oxygen atoms in total. The van der Waals surface area contributed by atoms with Gasteiger partial charge in [0.1, 0.15) is 0 Å². The maximum absolute atomic E-state index is 13.1. The minimum Gasteiger partial charge on any atom is -0.375 e. The molecule has 0 spiro atoms. The van der Waals surface area contributed by atoms with Crippen LogP contribution in [0.15, 0.2) is 24.5 Å². The highest BCUT2D eigenvalue weighted by Gasteiger charge is 2.40. The summed E-state index contributed by atoms with van der Waals surface area (Å²) in [5.41, 5.74) is 1.28. The molecule has 3 heterocycles. The Hall–Kier alpha value is -1.46. The molecule has 5 heteroatoms. The maximum atomic E-state index is 13.1. The van der Waals surface area contributed by atoms with Gasteiger partial charge in [-0.1, -0.05) is 6.92 Å². The number of pyridine rings is 1. The van der Waals surface area contributed by atoms with Crippen LogP contribution >= 0.6 is 0 Å². The van der Waals surface area contributed by atoms with Gasteiger partial charge in [-0.15, -0.1) is 0 Å². The fourth-order valence-corrected chi connectivity index (χ4v) is 4.83. The number of carbonyl (C=O) groups is 1. The molecule has 1 aromatic rings. The van der Waals surface area contributed by atoms with Gasteiger partial charge in [-0.25, -0.2) is 0 Å². The summed E-state index contributed by atoms with van der Waals surface area (Å²) in [7, 11) is 0. The Morgan fingerprint density at radius 1 is 1.15 bits per heavy atom. The van der Waals surface area contributed by atoms with E-state index in [1.165, 1.54) is 18.4 Å². The van der Waals surface area contributed by atoms with Crippen molar-refractivity contribution in [3.8, 4) is 0 Å². The number of carbonyl (C=O) groups excluding carboxylic acids is 1. The van der Waals surface area contributed by atoms with Crippen molar-refractivity contribution < 1.29 is 9.53 Å². The number of hydrogen-bond acceptors (Lipinski definition) is 4. The molecule has 3 aliphatic rings. The molecule has 1 amide bonds. The van der Waals surface area contributed by atoms with Crippen molar-refractivity contribution in [2.45, 2.75) is 57.7 Å². The molecule has 0 bridgehead atoms. The number of likely N-dealkylation sites (tertiary alicyclic amines) is 1. The average molecular weight is 357 g/mol. The maximum Gasteiger partial charge on any atom is 0.225 e. The van der Waals surface area contributed by atoms with Crippen LogP contribution in [-0.4, -0.2) is 59.1 Å². The number of amides is 1. The van der Waals surface area contributed by atoms with E-state index in [1.807, 2.05) is 12.4 Å². The predicted octanol–water partition coefficient (Wildman–Crippen LogP) is 2.71. The third-order valence-electron chi connectivity index (χ3n) is 6.51. The van der Waals surface area contributed by atoms with E-state index in [9.17, 15) is 4.79 Å². The number of aromatic nitrogens is 1. The van der Waals surface area contributed by atoms with Gasteiger partial charge < -0.3 is 9.64 Å². The van der Waals surface area contributed by atoms with Gasteiger partial charge in [0.15, 0.2) is 0 Å². The molecule has 4 rings (SSSR count). The molecule has 1 aromatic heterocycles. The van der Waals surface area contributed by atoms with E-state index in [-0.39, 0.29) is 12.0 Å². The highest BCUT2D eigenvalue weighted by atomic mass is 16.5. The van der Waals surface area contributed by atoms with E-state index >= 15 is 0 Å². The Kier molecular flexibility index (Phi) is 5.55. The Bertz CT molecular complexity index is 601. The molecule has 0 radical (unpaired) electrons. The molecule has 2 aliphatic heterocycles. The van der Waals surface area contributed by atoms with Crippen LogP contribution in [0.3, 0.4) is 0 Å². The summed E-state index contributed by atoms with van der Waals surface area (Å²) in [5.74, 6) is 1.43. The fourth-order valence-electron chi connectivity index (χ4n) is 4.83. The first-order valence-corrected chi connectivity index (χ1v) is 10.2. The Morgan fingerprint density at radius 3 is 2.69 bits per heavy atom. The molecule has 1 aliphatic carbocycles. The first-order valence-electron chi connectivity index (χ1n) is 10.2. The third-order valence-corrected chi connectivity index (χ3v) is 6.51. The van der Waals surface area contributed by atoms with Crippen LogP contribution in [0.4, 0.5) is 0 Å². The minimum absolute atomic E-state index is 0.251. The van der Waals surface area contributed by atoms with Gasteiger partial charge >= 0.3 is 0 Å². The lowest BCUT2D eigenvalue weighted by Crippen LogP contribution is -2.61. The van der Waals surface area contributed by atoms with Gasteiger partial charge in [0.2, 0.25) is 5.91 Å². The van der Waals surface area contributed by atoms with Crippen LogP contribution in [0.2, 0.25) is 0 Å². The summed E-state index contributed by atoms with van der Waals surface area (Å²) in [5, 5.41) is 0. The second-order valence-corrected chi connectivity index (χ2v) is 8.33. The molecule has 0 aromatic carbocycles. The van der Waals surface area contributed by atoms with Crippen LogP contribution < -0.4 is 0 Å². The van der Waals surface area contributed by atoms with Crippen molar-refractivity contribution in [2.24, 2.45) is 11.8 Å². The Morgan fingerprint density at radius 2 is 1.92 bits per heavy atom. The molecule has 2 atom stereocenters. The lowest BCUT2D eigenvalue weighted by atomic mass is 9.82. The largest absolute Gasteiger partial charge is 0.375 e. The summed E-state index contributed by atoms with van der Waals surface area (Å²) < 4.78 is 6.05. The number of hydrogen-bond donors (Lipinski definition) is 0. The summed E-state index contributed by atoms with van der Waals surface area (Å²) in [6.07, 6.45) is 9.49. The summed E-state index contributed by atoms with van der Waals surface area (Å²) >= 11 is 0. The number of nitrogens with zero attached hydrogens (tertiary/aromatic N) is 3. The molecule has 3 fully saturated rings. The van der Waals surface area contributed by atoms with Crippen molar-refractivity contribution in [1.29, 1.82) is 0 Å². The molecule has 0 unspecified atom stereocenters. The summed E-state index contributed by atoms with van der Waals surface area (Å²) in [4.78, 5) is 21.8. The van der Waals surface area contributed by atoms with E-state index in [4.69, 9.17) is 4.74 Å². The number of morpholine rings is 1. The molecule has 0 N–H and O–H groups in total.